The molecule has 5 heteroatoms. The molecule has 0 aliphatic heterocycles. The summed E-state index contributed by atoms with van der Waals surface area (Å²) in [5.74, 6) is -0.527. The number of benzene rings is 2. The van der Waals surface area contributed by atoms with Gasteiger partial charge in [-0.05, 0) is 54.2 Å². The number of nitrogens with two attached hydrogens (primary N) is 1. The van der Waals surface area contributed by atoms with Crippen molar-refractivity contribution in [2.75, 3.05) is 12.8 Å². The minimum Gasteiger partial charge on any atom is -0.467 e. The third-order valence-electron chi connectivity index (χ3n) is 4.22. The molecule has 1 atom stereocenters. The van der Waals surface area contributed by atoms with Crippen molar-refractivity contribution >= 4 is 17.6 Å². The summed E-state index contributed by atoms with van der Waals surface area (Å²) in [7, 11) is 1.32. The van der Waals surface area contributed by atoms with E-state index in [9.17, 15) is 9.59 Å². The minimum atomic E-state index is -0.685. The Morgan fingerprint density at radius 2 is 1.81 bits per heavy atom. The molecule has 0 fully saturated rings. The number of anilines is 1. The van der Waals surface area contributed by atoms with Crippen molar-refractivity contribution in [2.24, 2.45) is 5.92 Å². The van der Waals surface area contributed by atoms with Crippen LogP contribution in [0.2, 0.25) is 0 Å². The summed E-state index contributed by atoms with van der Waals surface area (Å²) in [6.45, 7) is 5.96. The zero-order valence-electron chi connectivity index (χ0n) is 15.7. The van der Waals surface area contributed by atoms with Gasteiger partial charge < -0.3 is 15.8 Å². The Balaban J connectivity index is 2.40. The van der Waals surface area contributed by atoms with E-state index >= 15 is 0 Å². The van der Waals surface area contributed by atoms with E-state index in [1.54, 1.807) is 18.2 Å². The molecule has 0 spiro atoms. The van der Waals surface area contributed by atoms with Crippen molar-refractivity contribution in [2.45, 2.75) is 33.2 Å². The van der Waals surface area contributed by atoms with E-state index in [2.05, 4.69) is 5.32 Å². The van der Waals surface area contributed by atoms with Crippen LogP contribution in [0.1, 0.15) is 36.2 Å². The van der Waals surface area contributed by atoms with Crippen molar-refractivity contribution in [3.63, 3.8) is 0 Å². The molecular weight excluding hydrogens is 328 g/mol. The second-order valence-corrected chi connectivity index (χ2v) is 6.80. The maximum Gasteiger partial charge on any atom is 0.328 e. The number of hydrogen-bond acceptors (Lipinski definition) is 4. The first-order valence-electron chi connectivity index (χ1n) is 8.67. The number of carbonyl (C=O) groups excluding carboxylic acids is 2. The van der Waals surface area contributed by atoms with Crippen molar-refractivity contribution < 1.29 is 14.3 Å². The highest BCUT2D eigenvalue weighted by molar-refractivity contribution is 6.03. The lowest BCUT2D eigenvalue weighted by Crippen LogP contribution is -2.42. The normalized spacial score (nSPS) is 11.9. The second-order valence-electron chi connectivity index (χ2n) is 6.80. The van der Waals surface area contributed by atoms with E-state index in [4.69, 9.17) is 10.5 Å². The quantitative estimate of drug-likeness (QED) is 0.614. The lowest BCUT2D eigenvalue weighted by Gasteiger charge is -2.20. The van der Waals surface area contributed by atoms with Crippen LogP contribution in [0.3, 0.4) is 0 Å². The maximum atomic E-state index is 12.9. The molecule has 0 radical (unpaired) electrons. The van der Waals surface area contributed by atoms with Crippen LogP contribution in [0.4, 0.5) is 5.69 Å². The predicted octanol–water partition coefficient (Wildman–Crippen LogP) is 3.56. The number of aryl methyl sites for hydroxylation is 1. The summed E-state index contributed by atoms with van der Waals surface area (Å²) < 4.78 is 4.83. The Labute approximate surface area is 154 Å². The van der Waals surface area contributed by atoms with Crippen LogP contribution >= 0.6 is 0 Å². The van der Waals surface area contributed by atoms with Gasteiger partial charge in [0.05, 0.1) is 7.11 Å². The molecule has 26 heavy (non-hydrogen) atoms. The van der Waals surface area contributed by atoms with Gasteiger partial charge in [0.25, 0.3) is 5.91 Å². The number of nitrogens with one attached hydrogen (secondary N) is 1. The number of nitrogen functional groups attached to an aromatic ring is 1. The summed E-state index contributed by atoms with van der Waals surface area (Å²) in [5.41, 5.74) is 9.72. The van der Waals surface area contributed by atoms with Gasteiger partial charge >= 0.3 is 5.97 Å². The van der Waals surface area contributed by atoms with Gasteiger partial charge in [0.1, 0.15) is 6.04 Å². The van der Waals surface area contributed by atoms with E-state index in [0.717, 1.165) is 16.7 Å². The van der Waals surface area contributed by atoms with Crippen molar-refractivity contribution in [1.29, 1.82) is 0 Å². The fourth-order valence-corrected chi connectivity index (χ4v) is 2.92. The highest BCUT2D eigenvalue weighted by Gasteiger charge is 2.24. The van der Waals surface area contributed by atoms with Gasteiger partial charge in [0, 0.05) is 11.3 Å². The Hall–Kier alpha value is -2.82. The summed E-state index contributed by atoms with van der Waals surface area (Å²) in [5, 5.41) is 2.81. The third-order valence-corrected chi connectivity index (χ3v) is 4.22. The van der Waals surface area contributed by atoms with Gasteiger partial charge in [0.2, 0.25) is 0 Å². The standard InChI is InChI=1S/C21H26N2O3/c1-13(2)11-19(21(25)26-4)23-20(24)17-10-9-15(22)12-18(17)16-8-6-5-7-14(16)3/h5-10,12-13,19H,11,22H2,1-4H3,(H,23,24). The van der Waals surface area contributed by atoms with E-state index in [1.165, 1.54) is 7.11 Å². The molecule has 5 nitrogen and oxygen atoms in total. The second kappa shape index (κ2) is 8.52. The SMILES string of the molecule is COC(=O)C(CC(C)C)NC(=O)c1ccc(N)cc1-c1ccccc1C. The molecule has 2 rings (SSSR count). The zero-order valence-corrected chi connectivity index (χ0v) is 15.7. The van der Waals surface area contributed by atoms with Gasteiger partial charge in [-0.3, -0.25) is 4.79 Å². The summed E-state index contributed by atoms with van der Waals surface area (Å²) in [6, 6.07) is 12.3. The van der Waals surface area contributed by atoms with Gasteiger partial charge in [-0.1, -0.05) is 38.1 Å². The van der Waals surface area contributed by atoms with E-state index in [0.29, 0.717) is 17.7 Å². The lowest BCUT2D eigenvalue weighted by atomic mass is 9.94. The summed E-state index contributed by atoms with van der Waals surface area (Å²) in [6.07, 6.45) is 0.507. The van der Waals surface area contributed by atoms with E-state index in [1.807, 2.05) is 45.0 Å². The third kappa shape index (κ3) is 4.63. The van der Waals surface area contributed by atoms with E-state index in [-0.39, 0.29) is 11.8 Å². The van der Waals surface area contributed by atoms with Crippen molar-refractivity contribution in [3.05, 3.63) is 53.6 Å². The van der Waals surface area contributed by atoms with Crippen molar-refractivity contribution in [3.8, 4) is 11.1 Å². The molecule has 3 N–H and O–H groups in total. The number of amides is 1. The topological polar surface area (TPSA) is 81.4 Å². The molecule has 2 aromatic carbocycles. The minimum absolute atomic E-state index is 0.238. The van der Waals surface area contributed by atoms with Crippen LogP contribution in [-0.2, 0) is 9.53 Å². The Morgan fingerprint density at radius 1 is 1.12 bits per heavy atom. The summed E-state index contributed by atoms with van der Waals surface area (Å²) in [4.78, 5) is 24.9. The fourth-order valence-electron chi connectivity index (χ4n) is 2.92. The number of esters is 1. The molecule has 0 saturated heterocycles. The monoisotopic (exact) mass is 354 g/mol. The van der Waals surface area contributed by atoms with Crippen LogP contribution in [0.5, 0.6) is 0 Å². The van der Waals surface area contributed by atoms with Crippen LogP contribution < -0.4 is 11.1 Å². The number of ether oxygens (including phenoxy) is 1. The number of hydrogen-bond donors (Lipinski definition) is 2. The van der Waals surface area contributed by atoms with Crippen molar-refractivity contribution in [1.82, 2.24) is 5.32 Å². The van der Waals surface area contributed by atoms with Gasteiger partial charge in [-0.2, -0.15) is 0 Å². The largest absolute Gasteiger partial charge is 0.467 e. The van der Waals surface area contributed by atoms with Crippen LogP contribution in [0, 0.1) is 12.8 Å². The molecule has 0 bridgehead atoms. The smallest absolute Gasteiger partial charge is 0.328 e. The highest BCUT2D eigenvalue weighted by Crippen LogP contribution is 2.29. The number of methoxy groups -OCH3 is 1. The fraction of sp³-hybridized carbons (Fsp3) is 0.333. The Kier molecular flexibility index (Phi) is 6.39. The first-order valence-corrected chi connectivity index (χ1v) is 8.67. The predicted molar refractivity (Wildman–Crippen MR) is 104 cm³/mol. The molecule has 0 aromatic heterocycles. The van der Waals surface area contributed by atoms with Gasteiger partial charge in [-0.25, -0.2) is 4.79 Å². The van der Waals surface area contributed by atoms with Crippen LogP contribution in [-0.4, -0.2) is 25.0 Å². The molecule has 2 aromatic rings. The molecule has 138 valence electrons. The van der Waals surface area contributed by atoms with Crippen LogP contribution in [0.25, 0.3) is 11.1 Å². The average molecular weight is 354 g/mol. The molecule has 1 amide bonds. The highest BCUT2D eigenvalue weighted by atomic mass is 16.5. The summed E-state index contributed by atoms with van der Waals surface area (Å²) >= 11 is 0. The Bertz CT molecular complexity index is 800. The number of carbonyl (C=O) groups is 2. The molecule has 0 aliphatic carbocycles. The first kappa shape index (κ1) is 19.5. The first-order chi connectivity index (χ1) is 12.3. The molecular formula is C21H26N2O3. The average Bonchev–Trinajstić information content (AvgIpc) is 2.60. The molecule has 0 aliphatic rings. The van der Waals surface area contributed by atoms with Crippen LogP contribution in [0.15, 0.2) is 42.5 Å². The maximum absolute atomic E-state index is 12.9. The molecule has 0 saturated carbocycles. The van der Waals surface area contributed by atoms with E-state index < -0.39 is 12.0 Å². The number of rotatable bonds is 6. The zero-order chi connectivity index (χ0) is 19.3. The molecule has 0 heterocycles. The molecule has 1 unspecified atom stereocenters. The lowest BCUT2D eigenvalue weighted by molar-refractivity contribution is -0.143. The Morgan fingerprint density at radius 3 is 2.42 bits per heavy atom. The van der Waals surface area contributed by atoms with Gasteiger partial charge in [-0.15, -0.1) is 0 Å². The van der Waals surface area contributed by atoms with Gasteiger partial charge in [0.15, 0.2) is 0 Å².